The summed E-state index contributed by atoms with van der Waals surface area (Å²) in [6, 6.07) is 108. The molecule has 6 aliphatic rings. The monoisotopic (exact) mass is 1490 g/mol. The van der Waals surface area contributed by atoms with Crippen molar-refractivity contribution in [3.8, 4) is 0 Å². The summed E-state index contributed by atoms with van der Waals surface area (Å²) in [6.45, 7) is 36.1. The molecule has 0 saturated heterocycles. The van der Waals surface area contributed by atoms with Crippen molar-refractivity contribution in [1.29, 1.82) is 0 Å². The van der Waals surface area contributed by atoms with Crippen molar-refractivity contribution >= 4 is 172 Å². The van der Waals surface area contributed by atoms with E-state index in [0.29, 0.717) is 0 Å². The summed E-state index contributed by atoms with van der Waals surface area (Å²) in [7, 11) is 0. The van der Waals surface area contributed by atoms with Crippen LogP contribution in [0.2, 0.25) is 0 Å². The van der Waals surface area contributed by atoms with Gasteiger partial charge in [0.15, 0.2) is 0 Å². The molecule has 0 atom stereocenters. The van der Waals surface area contributed by atoms with Gasteiger partial charge in [-0.3, -0.25) is 0 Å². The predicted octanol–water partition coefficient (Wildman–Crippen LogP) is 21.9. The first-order valence-electron chi connectivity index (χ1n) is 41.5. The molecule has 0 saturated carbocycles. The molecule has 6 heterocycles. The summed E-state index contributed by atoms with van der Waals surface area (Å²) in [4.78, 5) is 15.5. The number of anilines is 18. The van der Waals surface area contributed by atoms with Crippen LogP contribution in [0.1, 0.15) is 107 Å². The average molecular weight is 1500 g/mol. The van der Waals surface area contributed by atoms with Crippen LogP contribution in [0.25, 0.3) is 0 Å². The number of aryl methyl sites for hydroxylation is 12. The molecule has 9 heteroatoms. The molecule has 0 spiro atoms. The molecule has 0 aromatic heterocycles. The molecule has 15 aromatic rings. The zero-order valence-electron chi connectivity index (χ0n) is 69.4. The van der Waals surface area contributed by atoms with Gasteiger partial charge in [0.2, 0.25) is 0 Å². The van der Waals surface area contributed by atoms with Gasteiger partial charge in [0.1, 0.15) is 0 Å². The first kappa shape index (κ1) is 71.1. The third kappa shape index (κ3) is 10.5. The highest BCUT2D eigenvalue weighted by atomic mass is 15.2. The van der Waals surface area contributed by atoms with Gasteiger partial charge in [0, 0.05) is 108 Å². The topological polar surface area (TPSA) is 19.4 Å². The SMILES string of the molecule is Cc1ccc(N2c3ccc(C)cc3B3c4cc(C(C)(c5ccc6c(c5)B5c7cc(C)ccc7N(c7ccc(C)cc7)c7cccc(c75)N6c5cc(C)c(C)c(C)c5)c5ccc6c(c5)B5c7cc(C)ccc7N(c7ccc(C)cc7)c7cccc(c75)N6c5cc(C)c(C)c(C)c5)ccc4N(c4cc(C)c(C)c(C)c4)c4cccc2c43)cc1. The van der Waals surface area contributed by atoms with E-state index >= 15 is 0 Å². The second-order valence-corrected chi connectivity index (χ2v) is 34.7. The van der Waals surface area contributed by atoms with Gasteiger partial charge in [0.05, 0.1) is 0 Å². The molecule has 0 fully saturated rings. The average Bonchev–Trinajstić information content (AvgIpc) is 0.700. The molecule has 6 aliphatic heterocycles. The van der Waals surface area contributed by atoms with E-state index in [1.165, 1.54) is 218 Å². The van der Waals surface area contributed by atoms with Gasteiger partial charge < -0.3 is 29.4 Å². The number of fused-ring (bicyclic) bond motifs is 12. The Morgan fingerprint density at radius 2 is 0.388 bits per heavy atom. The van der Waals surface area contributed by atoms with Crippen LogP contribution in [0.15, 0.2) is 273 Å². The van der Waals surface area contributed by atoms with Crippen molar-refractivity contribution in [3.05, 3.63) is 373 Å². The first-order chi connectivity index (χ1) is 56.1. The van der Waals surface area contributed by atoms with Gasteiger partial charge >= 0.3 is 0 Å². The summed E-state index contributed by atoms with van der Waals surface area (Å²) >= 11 is 0. The molecular weight excluding hydrogens is 1400 g/mol. The highest BCUT2D eigenvalue weighted by Gasteiger charge is 2.50. The number of benzene rings is 15. The van der Waals surface area contributed by atoms with Crippen molar-refractivity contribution in [1.82, 2.24) is 0 Å². The van der Waals surface area contributed by atoms with E-state index in [1.54, 1.807) is 0 Å². The molecular formula is C107H93B3N6. The lowest BCUT2D eigenvalue weighted by Crippen LogP contribution is -2.62. The van der Waals surface area contributed by atoms with E-state index in [9.17, 15) is 0 Å². The lowest BCUT2D eigenvalue weighted by molar-refractivity contribution is 0.694. The highest BCUT2D eigenvalue weighted by Crippen LogP contribution is 2.52. The summed E-state index contributed by atoms with van der Waals surface area (Å²) < 4.78 is 0. The van der Waals surface area contributed by atoms with Gasteiger partial charge in [-0.15, -0.1) is 0 Å². The standard InChI is InChI=1S/C107H93B3N6/c1-62-26-38-80(39-27-62)111-92-44-32-65(4)50-86(92)108-89-59-77(35-47-95(89)114(101-23-17-20-98(111)104(101)108)83-53-68(7)74(13)69(8)54-83)107(16,78-36-48-96-90(60-78)109-87-51-66(5)33-45-93(87)112(81-40-28-63(2)29-41-81)99-21-18-24-102(105(99)109)115(96)84-55-70(9)75(14)71(10)56-84)79-37-49-97-91(61-79)110-88-52-67(6)34-46-94(88)113(82-42-30-64(3)31-43-82)100-22-19-25-103(106(100)110)116(97)85-57-72(11)76(15)73(12)58-85/h17-61H,1-16H3. The number of hydrogen-bond acceptors (Lipinski definition) is 6. The largest absolute Gasteiger partial charge is 0.311 e. The molecule has 15 aromatic carbocycles. The maximum atomic E-state index is 2.68. The van der Waals surface area contributed by atoms with Crippen LogP contribution in [-0.2, 0) is 5.41 Å². The summed E-state index contributed by atoms with van der Waals surface area (Å²) in [5, 5.41) is 0. The smallest absolute Gasteiger partial charge is 0.252 e. The van der Waals surface area contributed by atoms with Crippen LogP contribution in [0.5, 0.6) is 0 Å². The number of rotatable bonds is 9. The van der Waals surface area contributed by atoms with Crippen LogP contribution in [0.3, 0.4) is 0 Å². The summed E-state index contributed by atoms with van der Waals surface area (Å²) in [5.41, 5.74) is 54.8. The minimum Gasteiger partial charge on any atom is -0.311 e. The van der Waals surface area contributed by atoms with E-state index in [-0.39, 0.29) is 20.1 Å². The Morgan fingerprint density at radius 1 is 0.190 bits per heavy atom. The Balaban J connectivity index is 0.873. The van der Waals surface area contributed by atoms with Gasteiger partial charge in [-0.05, 0) is 372 Å². The van der Waals surface area contributed by atoms with Crippen LogP contribution in [-0.4, -0.2) is 20.1 Å². The van der Waals surface area contributed by atoms with Gasteiger partial charge in [-0.25, -0.2) is 0 Å². The Hall–Kier alpha value is -12.7. The molecule has 6 nitrogen and oxygen atoms in total. The quantitative estimate of drug-likeness (QED) is 0.105. The predicted molar refractivity (Wildman–Crippen MR) is 498 cm³/mol. The molecule has 0 N–H and O–H groups in total. The minimum absolute atomic E-state index is 0.139. The lowest BCUT2D eigenvalue weighted by Gasteiger charge is -2.46. The van der Waals surface area contributed by atoms with E-state index < -0.39 is 5.41 Å². The fourth-order valence-electron chi connectivity index (χ4n) is 20.8. The van der Waals surface area contributed by atoms with E-state index in [0.717, 1.165) is 34.1 Å². The van der Waals surface area contributed by atoms with E-state index in [1.807, 2.05) is 0 Å². The Bertz CT molecular complexity index is 6020. The Labute approximate surface area is 685 Å². The number of hydrogen-bond donors (Lipinski definition) is 0. The fraction of sp³-hybridized carbons (Fsp3) is 0.159. The second kappa shape index (κ2) is 26.2. The maximum Gasteiger partial charge on any atom is 0.252 e. The molecule has 21 rings (SSSR count). The molecule has 0 bridgehead atoms. The molecule has 560 valence electrons. The van der Waals surface area contributed by atoms with Crippen molar-refractivity contribution in [2.45, 2.75) is 116 Å². The Kier molecular flexibility index (Phi) is 16.0. The zero-order valence-corrected chi connectivity index (χ0v) is 69.4. The zero-order chi connectivity index (χ0) is 79.5. The minimum atomic E-state index is -0.849. The number of nitrogens with zero attached hydrogens (tertiary/aromatic N) is 6. The third-order valence-electron chi connectivity index (χ3n) is 27.6. The van der Waals surface area contributed by atoms with Crippen LogP contribution in [0.4, 0.5) is 102 Å². The summed E-state index contributed by atoms with van der Waals surface area (Å²) in [6.07, 6.45) is 0. The Morgan fingerprint density at radius 3 is 0.621 bits per heavy atom. The van der Waals surface area contributed by atoms with Crippen LogP contribution >= 0.6 is 0 Å². The van der Waals surface area contributed by atoms with Gasteiger partial charge in [0.25, 0.3) is 20.1 Å². The highest BCUT2D eigenvalue weighted by molar-refractivity contribution is 7.02. The van der Waals surface area contributed by atoms with Gasteiger partial charge in [-0.1, -0.05) is 161 Å². The van der Waals surface area contributed by atoms with Crippen LogP contribution in [0, 0.1) is 104 Å². The first-order valence-corrected chi connectivity index (χ1v) is 41.5. The molecule has 116 heavy (non-hydrogen) atoms. The third-order valence-corrected chi connectivity index (χ3v) is 27.6. The van der Waals surface area contributed by atoms with E-state index in [2.05, 4.69) is 413 Å². The van der Waals surface area contributed by atoms with Crippen molar-refractivity contribution in [3.63, 3.8) is 0 Å². The second-order valence-electron chi connectivity index (χ2n) is 34.7. The molecule has 0 radical (unpaired) electrons. The molecule has 0 aliphatic carbocycles. The van der Waals surface area contributed by atoms with Crippen molar-refractivity contribution in [2.24, 2.45) is 0 Å². The van der Waals surface area contributed by atoms with Gasteiger partial charge in [-0.2, -0.15) is 0 Å². The fourth-order valence-corrected chi connectivity index (χ4v) is 20.8. The van der Waals surface area contributed by atoms with E-state index in [4.69, 9.17) is 0 Å². The normalized spacial score (nSPS) is 13.7. The molecule has 0 amide bonds. The lowest BCUT2D eigenvalue weighted by atomic mass is 9.32. The summed E-state index contributed by atoms with van der Waals surface area (Å²) in [5.74, 6) is 0. The maximum absolute atomic E-state index is 2.68. The van der Waals surface area contributed by atoms with Crippen molar-refractivity contribution in [2.75, 3.05) is 29.4 Å². The van der Waals surface area contributed by atoms with Crippen molar-refractivity contribution < 1.29 is 0 Å². The molecule has 0 unspecified atom stereocenters. The van der Waals surface area contributed by atoms with Crippen LogP contribution < -0.4 is 78.6 Å².